The molecule has 1 amide bonds. The van der Waals surface area contributed by atoms with Crippen LogP contribution in [-0.4, -0.2) is 17.6 Å². The van der Waals surface area contributed by atoms with Crippen LogP contribution in [0.5, 0.6) is 0 Å². The third-order valence-electron chi connectivity index (χ3n) is 2.66. The number of nitrogens with one attached hydrogen (secondary N) is 1. The Morgan fingerprint density at radius 1 is 0.900 bits per heavy atom. The first-order chi connectivity index (χ1) is 9.60. The van der Waals surface area contributed by atoms with Crippen LogP contribution >= 0.6 is 23.2 Å². The second-order valence-corrected chi connectivity index (χ2v) is 4.80. The van der Waals surface area contributed by atoms with Crippen LogP contribution in [0.2, 0.25) is 5.02 Å². The van der Waals surface area contributed by atoms with Gasteiger partial charge in [0.2, 0.25) is 5.91 Å². The highest BCUT2D eigenvalue weighted by atomic mass is 35.5. The van der Waals surface area contributed by atoms with Crippen molar-refractivity contribution in [1.29, 1.82) is 0 Å². The van der Waals surface area contributed by atoms with Gasteiger partial charge in [0, 0.05) is 21.8 Å². The van der Waals surface area contributed by atoms with Gasteiger partial charge in [-0.1, -0.05) is 11.6 Å². The highest BCUT2D eigenvalue weighted by molar-refractivity contribution is 6.30. The van der Waals surface area contributed by atoms with E-state index in [1.54, 1.807) is 48.5 Å². The third-order valence-corrected chi connectivity index (χ3v) is 3.15. The molecule has 0 atom stereocenters. The zero-order valence-electron chi connectivity index (χ0n) is 10.4. The molecule has 0 radical (unpaired) electrons. The monoisotopic (exact) mass is 307 g/mol. The molecule has 0 unspecified atom stereocenters. The Kier molecular flexibility index (Phi) is 4.77. The second-order valence-electron chi connectivity index (χ2n) is 4.10. The molecule has 0 aliphatic rings. The summed E-state index contributed by atoms with van der Waals surface area (Å²) in [5.41, 5.74) is 1.70. The van der Waals surface area contributed by atoms with Crippen molar-refractivity contribution in [3.05, 3.63) is 64.7 Å². The lowest BCUT2D eigenvalue weighted by Crippen LogP contribution is -2.12. The van der Waals surface area contributed by atoms with Crippen molar-refractivity contribution < 1.29 is 9.59 Å². The van der Waals surface area contributed by atoms with E-state index < -0.39 is 0 Å². The van der Waals surface area contributed by atoms with Crippen molar-refractivity contribution in [3.63, 3.8) is 0 Å². The molecule has 2 aromatic carbocycles. The quantitative estimate of drug-likeness (QED) is 0.690. The molecule has 2 rings (SSSR count). The number of carbonyl (C=O) groups excluding carboxylic acids is 2. The first-order valence-corrected chi connectivity index (χ1v) is 6.77. The fraction of sp³-hybridized carbons (Fsp3) is 0.0667. The number of hydrogen-bond acceptors (Lipinski definition) is 2. The van der Waals surface area contributed by atoms with Crippen molar-refractivity contribution in [3.8, 4) is 0 Å². The van der Waals surface area contributed by atoms with Crippen molar-refractivity contribution in [2.24, 2.45) is 0 Å². The van der Waals surface area contributed by atoms with Crippen molar-refractivity contribution in [2.75, 3.05) is 11.2 Å². The Hall–Kier alpha value is -1.84. The standard InChI is InChI=1S/C15H11Cl2NO2/c16-9-14(19)18-13-7-3-11(4-8-13)15(20)10-1-5-12(17)6-2-10/h1-8H,9H2,(H,18,19). The molecular formula is C15H11Cl2NO2. The molecule has 102 valence electrons. The maximum absolute atomic E-state index is 12.2. The molecule has 5 heteroatoms. The summed E-state index contributed by atoms with van der Waals surface area (Å²) >= 11 is 11.2. The summed E-state index contributed by atoms with van der Waals surface area (Å²) < 4.78 is 0. The van der Waals surface area contributed by atoms with Gasteiger partial charge in [0.05, 0.1) is 0 Å². The van der Waals surface area contributed by atoms with Crippen LogP contribution in [0.4, 0.5) is 5.69 Å². The van der Waals surface area contributed by atoms with Gasteiger partial charge in [0.15, 0.2) is 5.78 Å². The number of anilines is 1. The summed E-state index contributed by atoms with van der Waals surface area (Å²) in [5.74, 6) is -0.494. The van der Waals surface area contributed by atoms with E-state index in [1.807, 2.05) is 0 Å². The SMILES string of the molecule is O=C(CCl)Nc1ccc(C(=O)c2ccc(Cl)cc2)cc1. The fourth-order valence-electron chi connectivity index (χ4n) is 1.67. The van der Waals surface area contributed by atoms with Crippen molar-refractivity contribution in [2.45, 2.75) is 0 Å². The van der Waals surface area contributed by atoms with Gasteiger partial charge >= 0.3 is 0 Å². The van der Waals surface area contributed by atoms with Crippen LogP contribution < -0.4 is 5.32 Å². The zero-order valence-corrected chi connectivity index (χ0v) is 11.9. The molecule has 1 N–H and O–H groups in total. The van der Waals surface area contributed by atoms with E-state index in [-0.39, 0.29) is 17.6 Å². The number of hydrogen-bond donors (Lipinski definition) is 1. The molecule has 0 fully saturated rings. The summed E-state index contributed by atoms with van der Waals surface area (Å²) in [6.45, 7) is 0. The highest BCUT2D eigenvalue weighted by Gasteiger charge is 2.09. The van der Waals surface area contributed by atoms with Gasteiger partial charge in [-0.05, 0) is 48.5 Å². The first-order valence-electron chi connectivity index (χ1n) is 5.86. The van der Waals surface area contributed by atoms with Gasteiger partial charge in [-0.25, -0.2) is 0 Å². The largest absolute Gasteiger partial charge is 0.325 e. The average molecular weight is 308 g/mol. The predicted molar refractivity (Wildman–Crippen MR) is 80.7 cm³/mol. The lowest BCUT2D eigenvalue weighted by atomic mass is 10.0. The number of amides is 1. The number of rotatable bonds is 4. The van der Waals surface area contributed by atoms with Gasteiger partial charge in [0.25, 0.3) is 0 Å². The Balaban J connectivity index is 2.15. The summed E-state index contributed by atoms with van der Waals surface area (Å²) in [6, 6.07) is 13.3. The molecule has 3 nitrogen and oxygen atoms in total. The van der Waals surface area contributed by atoms with Gasteiger partial charge in [0.1, 0.15) is 5.88 Å². The molecule has 0 aliphatic carbocycles. The summed E-state index contributed by atoms with van der Waals surface area (Å²) in [7, 11) is 0. The molecule has 20 heavy (non-hydrogen) atoms. The minimum atomic E-state index is -0.288. The van der Waals surface area contributed by atoms with Crippen molar-refractivity contribution >= 4 is 40.6 Å². The van der Waals surface area contributed by atoms with Crippen LogP contribution in [0.25, 0.3) is 0 Å². The molecule has 0 saturated carbocycles. The number of carbonyl (C=O) groups is 2. The maximum atomic E-state index is 12.2. The highest BCUT2D eigenvalue weighted by Crippen LogP contribution is 2.16. The zero-order chi connectivity index (χ0) is 14.5. The van der Waals surface area contributed by atoms with E-state index in [0.29, 0.717) is 21.8 Å². The van der Waals surface area contributed by atoms with Crippen molar-refractivity contribution in [1.82, 2.24) is 0 Å². The summed E-state index contributed by atoms with van der Waals surface area (Å²) in [5, 5.41) is 3.19. The summed E-state index contributed by atoms with van der Waals surface area (Å²) in [4.78, 5) is 23.3. The molecule has 0 aliphatic heterocycles. The number of halogens is 2. The van der Waals surface area contributed by atoms with Crippen LogP contribution in [0.3, 0.4) is 0 Å². The predicted octanol–water partition coefficient (Wildman–Crippen LogP) is 3.75. The lowest BCUT2D eigenvalue weighted by Gasteiger charge is -2.05. The molecule has 0 aromatic heterocycles. The van der Waals surface area contributed by atoms with E-state index in [0.717, 1.165) is 0 Å². The lowest BCUT2D eigenvalue weighted by molar-refractivity contribution is -0.113. The van der Waals surface area contributed by atoms with E-state index in [9.17, 15) is 9.59 Å². The van der Waals surface area contributed by atoms with Crippen LogP contribution in [0.15, 0.2) is 48.5 Å². The molecule has 0 bridgehead atoms. The maximum Gasteiger partial charge on any atom is 0.239 e. The Morgan fingerprint density at radius 2 is 1.40 bits per heavy atom. The van der Waals surface area contributed by atoms with Crippen LogP contribution in [0, 0.1) is 0 Å². The molecule has 0 saturated heterocycles. The Bertz CT molecular complexity index is 621. The van der Waals surface area contributed by atoms with Crippen LogP contribution in [-0.2, 0) is 4.79 Å². The molecule has 0 heterocycles. The van der Waals surface area contributed by atoms with E-state index in [2.05, 4.69) is 5.32 Å². The van der Waals surface area contributed by atoms with E-state index >= 15 is 0 Å². The minimum Gasteiger partial charge on any atom is -0.325 e. The molecule has 0 spiro atoms. The third kappa shape index (κ3) is 3.59. The van der Waals surface area contributed by atoms with Gasteiger partial charge in [-0.2, -0.15) is 0 Å². The number of ketones is 1. The molecule has 2 aromatic rings. The number of benzene rings is 2. The Labute approximate surface area is 126 Å². The molecular weight excluding hydrogens is 297 g/mol. The van der Waals surface area contributed by atoms with Gasteiger partial charge in [-0.15, -0.1) is 11.6 Å². The van der Waals surface area contributed by atoms with Gasteiger partial charge < -0.3 is 5.32 Å². The first kappa shape index (κ1) is 14.6. The minimum absolute atomic E-state index is 0.100. The summed E-state index contributed by atoms with van der Waals surface area (Å²) in [6.07, 6.45) is 0. The average Bonchev–Trinajstić information content (AvgIpc) is 2.48. The van der Waals surface area contributed by atoms with Crippen LogP contribution in [0.1, 0.15) is 15.9 Å². The van der Waals surface area contributed by atoms with Gasteiger partial charge in [-0.3, -0.25) is 9.59 Å². The number of alkyl halides is 1. The normalized spacial score (nSPS) is 10.1. The smallest absolute Gasteiger partial charge is 0.239 e. The topological polar surface area (TPSA) is 46.2 Å². The second kappa shape index (κ2) is 6.55. The Morgan fingerprint density at radius 3 is 1.90 bits per heavy atom. The van der Waals surface area contributed by atoms with E-state index in [1.165, 1.54) is 0 Å². The van der Waals surface area contributed by atoms with E-state index in [4.69, 9.17) is 23.2 Å². The fourth-order valence-corrected chi connectivity index (χ4v) is 1.86.